The second kappa shape index (κ2) is 8.00. The first-order valence-electron chi connectivity index (χ1n) is 10.1. The number of amides is 1. The van der Waals surface area contributed by atoms with Crippen molar-refractivity contribution in [3.8, 4) is 5.75 Å². The van der Waals surface area contributed by atoms with Crippen LogP contribution in [0.3, 0.4) is 0 Å². The number of nitrogens with zero attached hydrogens (tertiary/aromatic N) is 2. The van der Waals surface area contributed by atoms with Gasteiger partial charge < -0.3 is 9.64 Å². The van der Waals surface area contributed by atoms with E-state index in [-0.39, 0.29) is 41.6 Å². The molecule has 30 heavy (non-hydrogen) atoms. The van der Waals surface area contributed by atoms with E-state index in [0.29, 0.717) is 12.8 Å². The van der Waals surface area contributed by atoms with Crippen molar-refractivity contribution in [1.29, 1.82) is 0 Å². The summed E-state index contributed by atoms with van der Waals surface area (Å²) in [6.07, 6.45) is 1.69. The van der Waals surface area contributed by atoms with Crippen LogP contribution >= 0.6 is 0 Å². The first-order valence-corrected chi connectivity index (χ1v) is 11.5. The van der Waals surface area contributed by atoms with E-state index in [0.717, 1.165) is 29.8 Å². The van der Waals surface area contributed by atoms with Crippen LogP contribution in [0, 0.1) is 11.7 Å². The van der Waals surface area contributed by atoms with Crippen LogP contribution in [-0.4, -0.2) is 44.9 Å². The molecule has 0 aromatic heterocycles. The van der Waals surface area contributed by atoms with Crippen LogP contribution in [0.2, 0.25) is 0 Å². The van der Waals surface area contributed by atoms with Crippen LogP contribution in [0.5, 0.6) is 5.75 Å². The molecule has 4 rings (SSSR count). The minimum absolute atomic E-state index is 0.0489. The van der Waals surface area contributed by atoms with Crippen molar-refractivity contribution < 1.29 is 22.3 Å². The van der Waals surface area contributed by atoms with Crippen LogP contribution < -0.4 is 9.64 Å². The predicted octanol–water partition coefficient (Wildman–Crippen LogP) is 3.21. The third-order valence-electron chi connectivity index (χ3n) is 5.99. The Hall–Kier alpha value is -2.45. The summed E-state index contributed by atoms with van der Waals surface area (Å²) in [7, 11) is -2.56. The number of carbonyl (C=O) groups excluding carboxylic acids is 1. The highest BCUT2D eigenvalue weighted by Crippen LogP contribution is 2.36. The maximum absolute atomic E-state index is 13.7. The van der Waals surface area contributed by atoms with E-state index in [1.807, 2.05) is 36.1 Å². The minimum atomic E-state index is -3.91. The molecule has 2 aliphatic heterocycles. The van der Waals surface area contributed by atoms with E-state index >= 15 is 0 Å². The summed E-state index contributed by atoms with van der Waals surface area (Å²) in [6.45, 7) is 2.46. The maximum atomic E-state index is 13.7. The molecule has 6 nitrogen and oxygen atoms in total. The normalized spacial score (nSPS) is 20.2. The Morgan fingerprint density at radius 3 is 2.53 bits per heavy atom. The van der Waals surface area contributed by atoms with Crippen molar-refractivity contribution in [3.63, 3.8) is 0 Å². The molecule has 1 fully saturated rings. The number of methoxy groups -OCH3 is 1. The Balaban J connectivity index is 1.49. The van der Waals surface area contributed by atoms with Crippen molar-refractivity contribution in [2.24, 2.45) is 5.92 Å². The van der Waals surface area contributed by atoms with Gasteiger partial charge in [0.2, 0.25) is 15.9 Å². The van der Waals surface area contributed by atoms with E-state index in [2.05, 4.69) is 0 Å². The number of fused-ring (bicyclic) bond motifs is 1. The van der Waals surface area contributed by atoms with Crippen LogP contribution in [0.4, 0.5) is 10.1 Å². The van der Waals surface area contributed by atoms with E-state index < -0.39 is 15.8 Å². The zero-order chi connectivity index (χ0) is 21.5. The highest BCUT2D eigenvalue weighted by atomic mass is 32.2. The molecular formula is C22H25FN2O4S. The fraction of sp³-hybridized carbons (Fsp3) is 0.409. The molecule has 2 aromatic carbocycles. The lowest BCUT2D eigenvalue weighted by molar-refractivity contribution is -0.123. The molecule has 2 heterocycles. The number of carbonyl (C=O) groups is 1. The molecule has 2 aromatic rings. The Kier molecular flexibility index (Phi) is 5.55. The number of piperidine rings is 1. The molecule has 2 aliphatic rings. The number of ether oxygens (including phenoxy) is 1. The van der Waals surface area contributed by atoms with Crippen LogP contribution in [0.1, 0.15) is 25.3 Å². The van der Waals surface area contributed by atoms with Crippen LogP contribution in [0.15, 0.2) is 47.4 Å². The van der Waals surface area contributed by atoms with Crippen molar-refractivity contribution >= 4 is 21.6 Å². The summed E-state index contributed by atoms with van der Waals surface area (Å²) in [5.74, 6) is -0.717. The Labute approximate surface area is 176 Å². The van der Waals surface area contributed by atoms with Gasteiger partial charge in [0, 0.05) is 30.7 Å². The highest BCUT2D eigenvalue weighted by Gasteiger charge is 2.38. The SMILES string of the molecule is COc1ccc(F)cc1S(=O)(=O)N1CCC(C(=O)N2c3ccccc3CC2C)CC1. The molecule has 1 unspecified atom stereocenters. The quantitative estimate of drug-likeness (QED) is 0.744. The lowest BCUT2D eigenvalue weighted by Gasteiger charge is -2.34. The lowest BCUT2D eigenvalue weighted by atomic mass is 9.96. The number of rotatable bonds is 4. The third kappa shape index (κ3) is 3.58. The lowest BCUT2D eigenvalue weighted by Crippen LogP contribution is -2.46. The number of sulfonamides is 1. The third-order valence-corrected chi connectivity index (χ3v) is 7.91. The summed E-state index contributed by atoms with van der Waals surface area (Å²) in [6, 6.07) is 11.5. The average molecular weight is 433 g/mol. The largest absolute Gasteiger partial charge is 0.495 e. The molecule has 0 N–H and O–H groups in total. The minimum Gasteiger partial charge on any atom is -0.495 e. The van der Waals surface area contributed by atoms with Crippen molar-refractivity contribution in [3.05, 3.63) is 53.8 Å². The Morgan fingerprint density at radius 1 is 1.13 bits per heavy atom. The van der Waals surface area contributed by atoms with Crippen molar-refractivity contribution in [1.82, 2.24) is 4.31 Å². The molecular weight excluding hydrogens is 407 g/mol. The van der Waals surface area contributed by atoms with Gasteiger partial charge >= 0.3 is 0 Å². The van der Waals surface area contributed by atoms with E-state index in [9.17, 15) is 17.6 Å². The Morgan fingerprint density at radius 2 is 1.83 bits per heavy atom. The predicted molar refractivity (Wildman–Crippen MR) is 112 cm³/mol. The van der Waals surface area contributed by atoms with Gasteiger partial charge in [-0.1, -0.05) is 18.2 Å². The molecule has 0 radical (unpaired) electrons. The number of halogens is 1. The Bertz CT molecular complexity index is 1060. The van der Waals surface area contributed by atoms with Crippen molar-refractivity contribution in [2.45, 2.75) is 37.1 Å². The van der Waals surface area contributed by atoms with E-state index in [1.54, 1.807) is 0 Å². The summed E-state index contributed by atoms with van der Waals surface area (Å²) >= 11 is 0. The smallest absolute Gasteiger partial charge is 0.246 e. The van der Waals surface area contributed by atoms with E-state index in [1.165, 1.54) is 17.5 Å². The first-order chi connectivity index (χ1) is 14.3. The number of anilines is 1. The molecule has 1 atom stereocenters. The van der Waals surface area contributed by atoms with Gasteiger partial charge in [-0.2, -0.15) is 4.31 Å². The standard InChI is InChI=1S/C22H25FN2O4S/c1-15-13-17-5-3-4-6-19(17)25(15)22(26)16-9-11-24(12-10-16)30(27,28)21-14-18(23)7-8-20(21)29-2/h3-8,14-16H,9-13H2,1-2H3. The molecule has 8 heteroatoms. The van der Waals surface area contributed by atoms with Crippen LogP contribution in [-0.2, 0) is 21.2 Å². The van der Waals surface area contributed by atoms with Crippen LogP contribution in [0.25, 0.3) is 0 Å². The molecule has 0 bridgehead atoms. The van der Waals surface area contributed by atoms with Gasteiger partial charge in [0.1, 0.15) is 16.5 Å². The summed E-state index contributed by atoms with van der Waals surface area (Å²) in [5.41, 5.74) is 2.12. The van der Waals surface area contributed by atoms with Gasteiger partial charge in [-0.05, 0) is 56.0 Å². The summed E-state index contributed by atoms with van der Waals surface area (Å²) in [4.78, 5) is 14.9. The fourth-order valence-electron chi connectivity index (χ4n) is 4.43. The number of para-hydroxylation sites is 1. The highest BCUT2D eigenvalue weighted by molar-refractivity contribution is 7.89. The van der Waals surface area contributed by atoms with Gasteiger partial charge in [0.15, 0.2) is 0 Å². The molecule has 1 amide bonds. The fourth-order valence-corrected chi connectivity index (χ4v) is 6.07. The number of hydrogen-bond acceptors (Lipinski definition) is 4. The number of hydrogen-bond donors (Lipinski definition) is 0. The maximum Gasteiger partial charge on any atom is 0.246 e. The number of benzene rings is 2. The van der Waals surface area contributed by atoms with Gasteiger partial charge in [0.25, 0.3) is 0 Å². The molecule has 1 saturated heterocycles. The van der Waals surface area contributed by atoms with Gasteiger partial charge in [-0.15, -0.1) is 0 Å². The monoisotopic (exact) mass is 432 g/mol. The van der Waals surface area contributed by atoms with Crippen molar-refractivity contribution in [2.75, 3.05) is 25.1 Å². The molecule has 0 saturated carbocycles. The molecule has 0 spiro atoms. The van der Waals surface area contributed by atoms with E-state index in [4.69, 9.17) is 4.74 Å². The molecule has 0 aliphatic carbocycles. The molecule has 160 valence electrons. The average Bonchev–Trinajstić information content (AvgIpc) is 3.09. The van der Waals surface area contributed by atoms with Gasteiger partial charge in [0.05, 0.1) is 7.11 Å². The van der Waals surface area contributed by atoms with Gasteiger partial charge in [-0.25, -0.2) is 12.8 Å². The second-order valence-corrected chi connectivity index (χ2v) is 9.77. The van der Waals surface area contributed by atoms with Gasteiger partial charge in [-0.3, -0.25) is 4.79 Å². The summed E-state index contributed by atoms with van der Waals surface area (Å²) in [5, 5.41) is 0. The zero-order valence-corrected chi connectivity index (χ0v) is 17.9. The second-order valence-electron chi connectivity index (χ2n) is 7.86. The zero-order valence-electron chi connectivity index (χ0n) is 17.0. The first kappa shape index (κ1) is 20.8. The topological polar surface area (TPSA) is 66.9 Å². The summed E-state index contributed by atoms with van der Waals surface area (Å²) < 4.78 is 46.2.